The van der Waals surface area contributed by atoms with Gasteiger partial charge in [-0.3, -0.25) is 9.78 Å². The van der Waals surface area contributed by atoms with Gasteiger partial charge in [-0.2, -0.15) is 13.2 Å². The highest BCUT2D eigenvalue weighted by Gasteiger charge is 2.31. The summed E-state index contributed by atoms with van der Waals surface area (Å²) in [5, 5.41) is 0. The number of likely N-dealkylation sites (tertiary alicyclic amines) is 1. The maximum atomic E-state index is 13.0. The van der Waals surface area contributed by atoms with Crippen LogP contribution in [-0.2, 0) is 6.18 Å². The summed E-state index contributed by atoms with van der Waals surface area (Å²) in [7, 11) is 0. The van der Waals surface area contributed by atoms with Crippen molar-refractivity contribution in [2.24, 2.45) is 0 Å². The molecule has 1 unspecified atom stereocenters. The Labute approximate surface area is 171 Å². The van der Waals surface area contributed by atoms with Gasteiger partial charge in [0.2, 0.25) is 5.88 Å². The SMILES string of the molecule is O=C(c1ccc(Oc2ccc(C(F)(F)F)cn2)cc1)N1CCCC1c1ccncc1. The van der Waals surface area contributed by atoms with E-state index in [9.17, 15) is 18.0 Å². The third kappa shape index (κ3) is 4.27. The molecule has 5 nitrogen and oxygen atoms in total. The summed E-state index contributed by atoms with van der Waals surface area (Å²) in [5.74, 6) is 0.346. The quantitative estimate of drug-likeness (QED) is 0.585. The molecule has 1 aliphatic rings. The number of pyridine rings is 2. The zero-order valence-electron chi connectivity index (χ0n) is 15.8. The fourth-order valence-corrected chi connectivity index (χ4v) is 3.50. The van der Waals surface area contributed by atoms with Crippen LogP contribution in [0.3, 0.4) is 0 Å². The van der Waals surface area contributed by atoms with Crippen LogP contribution in [-0.4, -0.2) is 27.3 Å². The lowest BCUT2D eigenvalue weighted by Gasteiger charge is -2.25. The van der Waals surface area contributed by atoms with Crippen LogP contribution in [0.5, 0.6) is 11.6 Å². The van der Waals surface area contributed by atoms with Gasteiger partial charge in [0.15, 0.2) is 0 Å². The van der Waals surface area contributed by atoms with Gasteiger partial charge >= 0.3 is 6.18 Å². The molecule has 1 atom stereocenters. The van der Waals surface area contributed by atoms with E-state index in [-0.39, 0.29) is 17.8 Å². The second-order valence-corrected chi connectivity index (χ2v) is 6.95. The maximum Gasteiger partial charge on any atom is 0.417 e. The van der Waals surface area contributed by atoms with Crippen LogP contribution in [0.4, 0.5) is 13.2 Å². The van der Waals surface area contributed by atoms with Crippen molar-refractivity contribution in [3.05, 3.63) is 83.8 Å². The van der Waals surface area contributed by atoms with Gasteiger partial charge in [-0.25, -0.2) is 4.98 Å². The van der Waals surface area contributed by atoms with Crippen molar-refractivity contribution in [3.8, 4) is 11.6 Å². The molecule has 0 radical (unpaired) electrons. The van der Waals surface area contributed by atoms with E-state index in [1.807, 2.05) is 17.0 Å². The highest BCUT2D eigenvalue weighted by molar-refractivity contribution is 5.94. The molecule has 3 aromatic rings. The molecule has 1 fully saturated rings. The molecule has 2 aromatic heterocycles. The van der Waals surface area contributed by atoms with E-state index in [1.165, 1.54) is 0 Å². The Bertz CT molecular complexity index is 1010. The molecule has 1 aromatic carbocycles. The molecule has 0 bridgehead atoms. The molecular formula is C22H18F3N3O2. The molecular weight excluding hydrogens is 395 g/mol. The van der Waals surface area contributed by atoms with Crippen LogP contribution in [0.1, 0.15) is 40.4 Å². The fraction of sp³-hybridized carbons (Fsp3) is 0.227. The predicted octanol–water partition coefficient (Wildman–Crippen LogP) is 5.27. The first kappa shape index (κ1) is 19.9. The van der Waals surface area contributed by atoms with Gasteiger partial charge in [-0.15, -0.1) is 0 Å². The van der Waals surface area contributed by atoms with Crippen molar-refractivity contribution < 1.29 is 22.7 Å². The summed E-state index contributed by atoms with van der Waals surface area (Å²) in [6.45, 7) is 0.680. The Morgan fingerprint density at radius 2 is 1.77 bits per heavy atom. The first-order chi connectivity index (χ1) is 14.4. The van der Waals surface area contributed by atoms with Gasteiger partial charge in [0.25, 0.3) is 5.91 Å². The molecule has 0 spiro atoms. The number of halogens is 3. The second-order valence-electron chi connectivity index (χ2n) is 6.95. The second kappa shape index (κ2) is 8.14. The highest BCUT2D eigenvalue weighted by Crippen LogP contribution is 2.33. The van der Waals surface area contributed by atoms with Crippen LogP contribution in [0.25, 0.3) is 0 Å². The lowest BCUT2D eigenvalue weighted by atomic mass is 10.1. The van der Waals surface area contributed by atoms with E-state index >= 15 is 0 Å². The number of rotatable bonds is 4. The molecule has 0 aliphatic carbocycles. The molecule has 154 valence electrons. The summed E-state index contributed by atoms with van der Waals surface area (Å²) < 4.78 is 43.3. The van der Waals surface area contributed by atoms with Crippen molar-refractivity contribution in [2.75, 3.05) is 6.54 Å². The van der Waals surface area contributed by atoms with Gasteiger partial charge < -0.3 is 9.64 Å². The lowest BCUT2D eigenvalue weighted by molar-refractivity contribution is -0.137. The minimum Gasteiger partial charge on any atom is -0.439 e. The Morgan fingerprint density at radius 1 is 1.03 bits per heavy atom. The predicted molar refractivity (Wildman–Crippen MR) is 103 cm³/mol. The first-order valence-electron chi connectivity index (χ1n) is 9.44. The molecule has 1 saturated heterocycles. The van der Waals surface area contributed by atoms with Crippen molar-refractivity contribution in [1.29, 1.82) is 0 Å². The zero-order valence-corrected chi connectivity index (χ0v) is 15.8. The minimum atomic E-state index is -4.45. The Balaban J connectivity index is 1.45. The van der Waals surface area contributed by atoms with E-state index in [1.54, 1.807) is 36.7 Å². The summed E-state index contributed by atoms with van der Waals surface area (Å²) in [4.78, 5) is 22.5. The zero-order chi connectivity index (χ0) is 21.1. The molecule has 0 N–H and O–H groups in total. The van der Waals surface area contributed by atoms with E-state index in [4.69, 9.17) is 4.74 Å². The number of nitrogens with zero attached hydrogens (tertiary/aromatic N) is 3. The molecule has 30 heavy (non-hydrogen) atoms. The summed E-state index contributed by atoms with van der Waals surface area (Å²) >= 11 is 0. The molecule has 0 saturated carbocycles. The number of aromatic nitrogens is 2. The molecule has 8 heteroatoms. The van der Waals surface area contributed by atoms with Crippen LogP contribution in [0.2, 0.25) is 0 Å². The first-order valence-corrected chi connectivity index (χ1v) is 9.44. The van der Waals surface area contributed by atoms with Gasteiger partial charge in [0.1, 0.15) is 5.75 Å². The van der Waals surface area contributed by atoms with Crippen LogP contribution < -0.4 is 4.74 Å². The number of hydrogen-bond acceptors (Lipinski definition) is 4. The maximum absolute atomic E-state index is 13.0. The number of hydrogen-bond donors (Lipinski definition) is 0. The monoisotopic (exact) mass is 413 g/mol. The topological polar surface area (TPSA) is 55.3 Å². The Kier molecular flexibility index (Phi) is 5.39. The summed E-state index contributed by atoms with van der Waals surface area (Å²) in [6, 6.07) is 12.4. The van der Waals surface area contributed by atoms with Crippen molar-refractivity contribution in [3.63, 3.8) is 0 Å². The number of carbonyl (C=O) groups excluding carboxylic acids is 1. The molecule has 4 rings (SSSR count). The lowest BCUT2D eigenvalue weighted by Crippen LogP contribution is -2.30. The standard InChI is InChI=1S/C22H18F3N3O2/c23-22(24,25)17-5-8-20(27-14-17)30-18-6-3-16(4-7-18)21(29)28-13-1-2-19(28)15-9-11-26-12-10-15/h3-12,14,19H,1-2,13H2. The number of benzene rings is 1. The van der Waals surface area contributed by atoms with E-state index < -0.39 is 11.7 Å². The largest absolute Gasteiger partial charge is 0.439 e. The Morgan fingerprint density at radius 3 is 2.40 bits per heavy atom. The Hall–Kier alpha value is -3.42. The van der Waals surface area contributed by atoms with Gasteiger partial charge in [0, 0.05) is 36.8 Å². The third-order valence-electron chi connectivity index (χ3n) is 4.99. The van der Waals surface area contributed by atoms with Crippen LogP contribution >= 0.6 is 0 Å². The summed E-state index contributed by atoms with van der Waals surface area (Å²) in [6.07, 6.45) is 1.54. The molecule has 3 heterocycles. The van der Waals surface area contributed by atoms with Crippen LogP contribution in [0.15, 0.2) is 67.1 Å². The van der Waals surface area contributed by atoms with Gasteiger partial charge in [-0.05, 0) is 60.9 Å². The average molecular weight is 413 g/mol. The number of carbonyl (C=O) groups is 1. The van der Waals surface area contributed by atoms with Crippen molar-refractivity contribution in [2.45, 2.75) is 25.1 Å². The molecule has 1 amide bonds. The minimum absolute atomic E-state index is 0.0211. The highest BCUT2D eigenvalue weighted by atomic mass is 19.4. The number of amides is 1. The normalized spacial score (nSPS) is 16.5. The van der Waals surface area contributed by atoms with Crippen molar-refractivity contribution >= 4 is 5.91 Å². The van der Waals surface area contributed by atoms with E-state index in [0.29, 0.717) is 17.9 Å². The number of alkyl halides is 3. The third-order valence-corrected chi connectivity index (χ3v) is 4.99. The van der Waals surface area contributed by atoms with Crippen LogP contribution in [0, 0.1) is 0 Å². The van der Waals surface area contributed by atoms with E-state index in [0.717, 1.165) is 36.7 Å². The average Bonchev–Trinajstić information content (AvgIpc) is 3.24. The summed E-state index contributed by atoms with van der Waals surface area (Å²) in [5.41, 5.74) is 0.734. The molecule has 1 aliphatic heterocycles. The fourth-order valence-electron chi connectivity index (χ4n) is 3.50. The van der Waals surface area contributed by atoms with Gasteiger partial charge in [-0.1, -0.05) is 0 Å². The number of ether oxygens (including phenoxy) is 1. The van der Waals surface area contributed by atoms with E-state index in [2.05, 4.69) is 9.97 Å². The van der Waals surface area contributed by atoms with Gasteiger partial charge in [0.05, 0.1) is 11.6 Å². The smallest absolute Gasteiger partial charge is 0.417 e. The van der Waals surface area contributed by atoms with Crippen molar-refractivity contribution in [1.82, 2.24) is 14.9 Å².